The highest BCUT2D eigenvalue weighted by molar-refractivity contribution is 6.45. The van der Waals surface area contributed by atoms with Crippen LogP contribution in [-0.4, -0.2) is 29.6 Å². The van der Waals surface area contributed by atoms with E-state index in [0.29, 0.717) is 27.9 Å². The molecule has 19 heavy (non-hydrogen) atoms. The van der Waals surface area contributed by atoms with Gasteiger partial charge in [0.05, 0.1) is 10.7 Å². The largest absolute Gasteiger partial charge is 0.320 e. The fourth-order valence-corrected chi connectivity index (χ4v) is 2.07. The smallest absolute Gasteiger partial charge is 0.271 e. The molecule has 0 saturated carbocycles. The van der Waals surface area contributed by atoms with Crippen LogP contribution in [0.3, 0.4) is 0 Å². The van der Waals surface area contributed by atoms with Crippen molar-refractivity contribution in [3.8, 4) is 0 Å². The van der Waals surface area contributed by atoms with Gasteiger partial charge in [-0.2, -0.15) is 5.10 Å². The van der Waals surface area contributed by atoms with E-state index in [9.17, 15) is 9.59 Å². The molecule has 7 heteroatoms. The average molecular weight is 300 g/mol. The number of halogens is 2. The maximum atomic E-state index is 12.0. The van der Waals surface area contributed by atoms with Crippen LogP contribution in [0.2, 0.25) is 10.0 Å². The molecule has 100 valence electrons. The molecule has 1 aliphatic heterocycles. The summed E-state index contributed by atoms with van der Waals surface area (Å²) in [4.78, 5) is 23.2. The Kier molecular flexibility index (Phi) is 4.07. The number of hydrogen-bond acceptors (Lipinski definition) is 3. The standard InChI is InChI=1S/C12H11Cl2N3O2/c1-17-11(18)5-4-10(16-17)12(19)15-9-3-2-7(13)6-8(9)14/h2-3,6H,4-5H2,1H3,(H,15,19). The van der Waals surface area contributed by atoms with E-state index in [-0.39, 0.29) is 18.2 Å². The lowest BCUT2D eigenvalue weighted by Gasteiger charge is -2.19. The molecule has 0 fully saturated rings. The maximum Gasteiger partial charge on any atom is 0.271 e. The summed E-state index contributed by atoms with van der Waals surface area (Å²) >= 11 is 11.7. The number of hydrogen-bond donors (Lipinski definition) is 1. The van der Waals surface area contributed by atoms with Gasteiger partial charge < -0.3 is 5.32 Å². The summed E-state index contributed by atoms with van der Waals surface area (Å²) in [5.74, 6) is -0.482. The summed E-state index contributed by atoms with van der Waals surface area (Å²) in [6.07, 6.45) is 0.595. The van der Waals surface area contributed by atoms with Crippen LogP contribution in [0.4, 0.5) is 5.69 Å². The van der Waals surface area contributed by atoms with Gasteiger partial charge in [-0.1, -0.05) is 23.2 Å². The van der Waals surface area contributed by atoms with Gasteiger partial charge in [-0.3, -0.25) is 9.59 Å². The number of nitrogens with one attached hydrogen (secondary N) is 1. The first-order chi connectivity index (χ1) is 8.97. The summed E-state index contributed by atoms with van der Waals surface area (Å²) < 4.78 is 0. The first kappa shape index (κ1) is 13.8. The Hall–Kier alpha value is -1.59. The summed E-state index contributed by atoms with van der Waals surface area (Å²) in [6.45, 7) is 0. The second-order valence-electron chi connectivity index (χ2n) is 4.04. The molecule has 1 aromatic rings. The topological polar surface area (TPSA) is 61.8 Å². The number of nitrogens with zero attached hydrogens (tertiary/aromatic N) is 2. The van der Waals surface area contributed by atoms with Gasteiger partial charge in [0, 0.05) is 24.9 Å². The van der Waals surface area contributed by atoms with E-state index in [2.05, 4.69) is 10.4 Å². The van der Waals surface area contributed by atoms with Crippen molar-refractivity contribution in [1.82, 2.24) is 5.01 Å². The molecule has 0 aliphatic carbocycles. The molecule has 1 heterocycles. The first-order valence-corrected chi connectivity index (χ1v) is 6.33. The Morgan fingerprint density at radius 3 is 2.74 bits per heavy atom. The number of rotatable bonds is 2. The van der Waals surface area contributed by atoms with Crippen LogP contribution in [0.25, 0.3) is 0 Å². The molecule has 1 N–H and O–H groups in total. The number of carbonyl (C=O) groups is 2. The molecule has 1 aromatic carbocycles. The highest BCUT2D eigenvalue weighted by Gasteiger charge is 2.22. The third-order valence-electron chi connectivity index (χ3n) is 2.65. The van der Waals surface area contributed by atoms with Gasteiger partial charge in [0.15, 0.2) is 0 Å². The van der Waals surface area contributed by atoms with Crippen LogP contribution < -0.4 is 5.32 Å². The van der Waals surface area contributed by atoms with Crippen molar-refractivity contribution in [2.45, 2.75) is 12.8 Å². The van der Waals surface area contributed by atoms with Gasteiger partial charge in [0.1, 0.15) is 5.71 Å². The van der Waals surface area contributed by atoms with Crippen molar-refractivity contribution in [2.75, 3.05) is 12.4 Å². The maximum absolute atomic E-state index is 12.0. The fraction of sp³-hybridized carbons (Fsp3) is 0.250. The van der Waals surface area contributed by atoms with Crippen LogP contribution in [0.5, 0.6) is 0 Å². The van der Waals surface area contributed by atoms with E-state index in [0.717, 1.165) is 0 Å². The molecule has 0 spiro atoms. The Labute approximate surface area is 120 Å². The highest BCUT2D eigenvalue weighted by atomic mass is 35.5. The van der Waals surface area contributed by atoms with E-state index in [1.165, 1.54) is 18.1 Å². The first-order valence-electron chi connectivity index (χ1n) is 5.58. The van der Waals surface area contributed by atoms with Gasteiger partial charge in [-0.05, 0) is 18.2 Å². The van der Waals surface area contributed by atoms with E-state index >= 15 is 0 Å². The van der Waals surface area contributed by atoms with Gasteiger partial charge in [0.2, 0.25) is 5.91 Å². The molecular formula is C12H11Cl2N3O2. The molecule has 0 radical (unpaired) electrons. The fourth-order valence-electron chi connectivity index (χ4n) is 1.62. The summed E-state index contributed by atoms with van der Waals surface area (Å²) in [7, 11) is 1.52. The van der Waals surface area contributed by atoms with Crippen LogP contribution >= 0.6 is 23.2 Å². The minimum absolute atomic E-state index is 0.110. The normalized spacial score (nSPS) is 15.2. The van der Waals surface area contributed by atoms with E-state index in [4.69, 9.17) is 23.2 Å². The van der Waals surface area contributed by atoms with Crippen LogP contribution in [0.1, 0.15) is 12.8 Å². The molecule has 2 rings (SSSR count). The number of anilines is 1. The Morgan fingerprint density at radius 1 is 1.37 bits per heavy atom. The van der Waals surface area contributed by atoms with Crippen molar-refractivity contribution in [3.05, 3.63) is 28.2 Å². The Balaban J connectivity index is 2.13. The highest BCUT2D eigenvalue weighted by Crippen LogP contribution is 2.25. The zero-order chi connectivity index (χ0) is 14.0. The number of hydrazone groups is 1. The van der Waals surface area contributed by atoms with Crippen LogP contribution in [-0.2, 0) is 9.59 Å². The lowest BCUT2D eigenvalue weighted by Crippen LogP contribution is -2.34. The molecule has 2 amide bonds. The van der Waals surface area contributed by atoms with Crippen molar-refractivity contribution < 1.29 is 9.59 Å². The predicted molar refractivity (Wildman–Crippen MR) is 74.5 cm³/mol. The average Bonchev–Trinajstić information content (AvgIpc) is 2.36. The Morgan fingerprint density at radius 2 is 2.11 bits per heavy atom. The number of carbonyl (C=O) groups excluding carboxylic acids is 2. The quantitative estimate of drug-likeness (QED) is 0.912. The second kappa shape index (κ2) is 5.59. The van der Waals surface area contributed by atoms with Crippen molar-refractivity contribution >= 4 is 46.4 Å². The monoisotopic (exact) mass is 299 g/mol. The van der Waals surface area contributed by atoms with Crippen molar-refractivity contribution in [1.29, 1.82) is 0 Å². The minimum Gasteiger partial charge on any atom is -0.320 e. The van der Waals surface area contributed by atoms with Gasteiger partial charge in [-0.15, -0.1) is 0 Å². The third-order valence-corrected chi connectivity index (χ3v) is 3.20. The molecule has 0 bridgehead atoms. The summed E-state index contributed by atoms with van der Waals surface area (Å²) in [5, 5.41) is 8.58. The predicted octanol–water partition coefficient (Wildman–Crippen LogP) is 2.54. The molecule has 0 saturated heterocycles. The zero-order valence-electron chi connectivity index (χ0n) is 10.1. The van der Waals surface area contributed by atoms with Gasteiger partial charge in [0.25, 0.3) is 5.91 Å². The van der Waals surface area contributed by atoms with Gasteiger partial charge >= 0.3 is 0 Å². The second-order valence-corrected chi connectivity index (χ2v) is 4.89. The molecule has 0 unspecified atom stereocenters. The van der Waals surface area contributed by atoms with E-state index < -0.39 is 0 Å². The third kappa shape index (κ3) is 3.24. The van der Waals surface area contributed by atoms with Crippen molar-refractivity contribution in [2.24, 2.45) is 5.10 Å². The van der Waals surface area contributed by atoms with Crippen molar-refractivity contribution in [3.63, 3.8) is 0 Å². The van der Waals surface area contributed by atoms with Crippen LogP contribution in [0, 0.1) is 0 Å². The minimum atomic E-state index is -0.372. The van der Waals surface area contributed by atoms with E-state index in [1.54, 1.807) is 12.1 Å². The molecule has 0 atom stereocenters. The number of amides is 2. The lowest BCUT2D eigenvalue weighted by molar-refractivity contribution is -0.130. The van der Waals surface area contributed by atoms with Crippen LogP contribution in [0.15, 0.2) is 23.3 Å². The molecule has 0 aromatic heterocycles. The van der Waals surface area contributed by atoms with Gasteiger partial charge in [-0.25, -0.2) is 5.01 Å². The SMILES string of the molecule is CN1N=C(C(=O)Nc2ccc(Cl)cc2Cl)CCC1=O. The Bertz CT molecular complexity index is 572. The molecule has 5 nitrogen and oxygen atoms in total. The zero-order valence-corrected chi connectivity index (χ0v) is 11.6. The summed E-state index contributed by atoms with van der Waals surface area (Å²) in [6, 6.07) is 4.78. The summed E-state index contributed by atoms with van der Waals surface area (Å²) in [5.41, 5.74) is 0.756. The number of benzene rings is 1. The molecular weight excluding hydrogens is 289 g/mol. The molecule has 1 aliphatic rings. The lowest BCUT2D eigenvalue weighted by atomic mass is 10.1. The van der Waals surface area contributed by atoms with E-state index in [1.807, 2.05) is 0 Å².